The fourth-order valence-electron chi connectivity index (χ4n) is 3.84. The van der Waals surface area contributed by atoms with Crippen LogP contribution in [0.5, 0.6) is 0 Å². The number of aromatic nitrogens is 3. The summed E-state index contributed by atoms with van der Waals surface area (Å²) in [5.74, 6) is 2.90. The lowest BCUT2D eigenvalue weighted by Crippen LogP contribution is -2.44. The van der Waals surface area contributed by atoms with Crippen molar-refractivity contribution in [2.75, 3.05) is 25.0 Å². The third-order valence-corrected chi connectivity index (χ3v) is 5.51. The summed E-state index contributed by atoms with van der Waals surface area (Å²) in [6.07, 6.45) is 4.50. The van der Waals surface area contributed by atoms with Crippen LogP contribution in [0.1, 0.15) is 30.9 Å². The van der Waals surface area contributed by atoms with Crippen LogP contribution in [0.4, 0.5) is 5.69 Å². The lowest BCUT2D eigenvalue weighted by atomic mass is 10.2. The second-order valence-corrected chi connectivity index (χ2v) is 7.56. The molecule has 3 heterocycles. The maximum absolute atomic E-state index is 6.12. The molecule has 1 aromatic heterocycles. The van der Waals surface area contributed by atoms with Crippen molar-refractivity contribution in [3.63, 3.8) is 0 Å². The molecule has 0 amide bonds. The highest BCUT2D eigenvalue weighted by Crippen LogP contribution is 2.23. The molecule has 152 valence electrons. The molecule has 1 saturated heterocycles. The number of rotatable bonds is 4. The summed E-state index contributed by atoms with van der Waals surface area (Å²) in [5.41, 5.74) is 1.17. The van der Waals surface area contributed by atoms with Gasteiger partial charge >= 0.3 is 0 Å². The molecule has 0 saturated carbocycles. The molecule has 0 radical (unpaired) electrons. The number of anilines is 1. The van der Waals surface area contributed by atoms with Crippen molar-refractivity contribution in [3.05, 3.63) is 40.9 Å². The van der Waals surface area contributed by atoms with Crippen LogP contribution in [0.3, 0.4) is 0 Å². The Balaban J connectivity index is 0.00000225. The fourth-order valence-corrected chi connectivity index (χ4v) is 4.02. The minimum absolute atomic E-state index is 0. The van der Waals surface area contributed by atoms with Gasteiger partial charge in [0.2, 0.25) is 0 Å². The van der Waals surface area contributed by atoms with E-state index in [9.17, 15) is 0 Å². The lowest BCUT2D eigenvalue weighted by molar-refractivity contribution is 0.504. The summed E-state index contributed by atoms with van der Waals surface area (Å²) in [6.45, 7) is 3.59. The highest BCUT2D eigenvalue weighted by Gasteiger charge is 2.24. The first-order valence-electron chi connectivity index (χ1n) is 9.61. The summed E-state index contributed by atoms with van der Waals surface area (Å²) in [5, 5.41) is 16.3. The van der Waals surface area contributed by atoms with E-state index in [4.69, 9.17) is 11.6 Å². The zero-order valence-corrected chi connectivity index (χ0v) is 19.2. The molecule has 9 heteroatoms. The molecule has 2 aliphatic rings. The lowest BCUT2D eigenvalue weighted by Gasteiger charge is -2.21. The molecule has 1 fully saturated rings. The second kappa shape index (κ2) is 9.78. The number of nitrogens with zero attached hydrogens (tertiary/aromatic N) is 5. The molecule has 2 aliphatic heterocycles. The molecule has 2 aromatic rings. The van der Waals surface area contributed by atoms with Gasteiger partial charge in [0.15, 0.2) is 11.8 Å². The quantitative estimate of drug-likeness (QED) is 0.372. The van der Waals surface area contributed by atoms with Crippen molar-refractivity contribution in [2.24, 2.45) is 4.99 Å². The Hall–Kier alpha value is -1.55. The average molecular weight is 516 g/mol. The van der Waals surface area contributed by atoms with E-state index in [0.717, 1.165) is 55.1 Å². The monoisotopic (exact) mass is 515 g/mol. The van der Waals surface area contributed by atoms with Gasteiger partial charge < -0.3 is 20.1 Å². The van der Waals surface area contributed by atoms with Crippen molar-refractivity contribution in [1.29, 1.82) is 0 Å². The van der Waals surface area contributed by atoms with Gasteiger partial charge in [-0.1, -0.05) is 17.7 Å². The molecule has 1 unspecified atom stereocenters. The summed E-state index contributed by atoms with van der Waals surface area (Å²) in [4.78, 5) is 6.73. The maximum atomic E-state index is 6.12. The fraction of sp³-hybridized carbons (Fsp3) is 0.526. The van der Waals surface area contributed by atoms with Gasteiger partial charge in [0.05, 0.1) is 6.54 Å². The van der Waals surface area contributed by atoms with E-state index >= 15 is 0 Å². The molecular formula is C19H27ClIN7. The van der Waals surface area contributed by atoms with Crippen LogP contribution in [-0.2, 0) is 19.5 Å². The highest BCUT2D eigenvalue weighted by atomic mass is 127. The number of guanidine groups is 1. The Kier molecular flexibility index (Phi) is 7.39. The number of benzene rings is 1. The first kappa shape index (κ1) is 21.2. The number of nitrogens with one attached hydrogen (secondary N) is 2. The number of aliphatic imine (C=N–C) groups is 1. The number of fused-ring (bicyclic) bond motifs is 1. The summed E-state index contributed by atoms with van der Waals surface area (Å²) < 4.78 is 2.24. The first-order chi connectivity index (χ1) is 13.2. The zero-order valence-electron chi connectivity index (χ0n) is 16.1. The smallest absolute Gasteiger partial charge is 0.191 e. The number of aryl methyl sites for hydroxylation is 1. The van der Waals surface area contributed by atoms with Gasteiger partial charge in [-0.2, -0.15) is 0 Å². The van der Waals surface area contributed by atoms with Crippen LogP contribution in [0.25, 0.3) is 0 Å². The molecule has 0 aliphatic carbocycles. The molecular weight excluding hydrogens is 489 g/mol. The molecule has 7 nitrogen and oxygen atoms in total. The van der Waals surface area contributed by atoms with Gasteiger partial charge in [-0.25, -0.2) is 0 Å². The summed E-state index contributed by atoms with van der Waals surface area (Å²) in [7, 11) is 1.80. The Morgan fingerprint density at radius 3 is 3.00 bits per heavy atom. The average Bonchev–Trinajstić information content (AvgIpc) is 3.32. The highest BCUT2D eigenvalue weighted by molar-refractivity contribution is 14.0. The minimum atomic E-state index is 0. The van der Waals surface area contributed by atoms with E-state index in [1.165, 1.54) is 18.5 Å². The van der Waals surface area contributed by atoms with Crippen molar-refractivity contribution in [3.8, 4) is 0 Å². The van der Waals surface area contributed by atoms with Crippen LogP contribution < -0.4 is 15.5 Å². The van der Waals surface area contributed by atoms with Crippen LogP contribution >= 0.6 is 35.6 Å². The van der Waals surface area contributed by atoms with Crippen molar-refractivity contribution in [1.82, 2.24) is 25.4 Å². The van der Waals surface area contributed by atoms with E-state index in [2.05, 4.69) is 41.4 Å². The predicted molar refractivity (Wildman–Crippen MR) is 124 cm³/mol. The molecule has 2 N–H and O–H groups in total. The predicted octanol–water partition coefficient (Wildman–Crippen LogP) is 2.83. The topological polar surface area (TPSA) is 70.4 Å². The Labute approximate surface area is 188 Å². The van der Waals surface area contributed by atoms with Crippen LogP contribution in [0.2, 0.25) is 5.02 Å². The van der Waals surface area contributed by atoms with Crippen molar-refractivity contribution >= 4 is 47.2 Å². The molecule has 0 bridgehead atoms. The summed E-state index contributed by atoms with van der Waals surface area (Å²) >= 11 is 6.12. The van der Waals surface area contributed by atoms with Gasteiger partial charge in [-0.15, -0.1) is 34.2 Å². The van der Waals surface area contributed by atoms with Gasteiger partial charge in [0, 0.05) is 49.9 Å². The molecule has 4 rings (SSSR count). The van der Waals surface area contributed by atoms with E-state index in [0.29, 0.717) is 12.6 Å². The Bertz CT molecular complexity index is 822. The maximum Gasteiger partial charge on any atom is 0.191 e. The second-order valence-electron chi connectivity index (χ2n) is 7.12. The van der Waals surface area contributed by atoms with E-state index in [1.54, 1.807) is 7.05 Å². The van der Waals surface area contributed by atoms with Crippen LogP contribution in [0.15, 0.2) is 29.3 Å². The normalized spacial score (nSPS) is 19.1. The third kappa shape index (κ3) is 4.89. The van der Waals surface area contributed by atoms with Gasteiger partial charge in [0.1, 0.15) is 5.82 Å². The van der Waals surface area contributed by atoms with Crippen molar-refractivity contribution in [2.45, 2.75) is 44.8 Å². The third-order valence-electron chi connectivity index (χ3n) is 5.28. The zero-order chi connectivity index (χ0) is 18.6. The Morgan fingerprint density at radius 1 is 1.29 bits per heavy atom. The van der Waals surface area contributed by atoms with Gasteiger partial charge in [-0.3, -0.25) is 4.99 Å². The SMILES string of the molecule is CN=C(NCc1nnc2n1CCCC2)NC1CCN(c2cccc(Cl)c2)C1.I. The largest absolute Gasteiger partial charge is 0.369 e. The Morgan fingerprint density at radius 2 is 2.18 bits per heavy atom. The van der Waals surface area contributed by atoms with Gasteiger partial charge in [-0.05, 0) is 37.5 Å². The number of hydrogen-bond acceptors (Lipinski definition) is 4. The number of halogens is 2. The van der Waals surface area contributed by atoms with Gasteiger partial charge in [0.25, 0.3) is 0 Å². The first-order valence-corrected chi connectivity index (χ1v) is 9.99. The van der Waals surface area contributed by atoms with Crippen molar-refractivity contribution < 1.29 is 0 Å². The molecule has 1 atom stereocenters. The standard InChI is InChI=1S/C19H26ClN7.HI/c1-21-19(22-12-18-25-24-17-7-2-3-9-27(17)18)23-15-8-10-26(13-15)16-6-4-5-14(20)11-16;/h4-6,11,15H,2-3,7-10,12-13H2,1H3,(H2,21,22,23);1H. The number of hydrogen-bond donors (Lipinski definition) is 2. The van der Waals surface area contributed by atoms with Crippen LogP contribution in [0, 0.1) is 0 Å². The summed E-state index contributed by atoms with van der Waals surface area (Å²) in [6, 6.07) is 8.38. The molecule has 0 spiro atoms. The molecule has 28 heavy (non-hydrogen) atoms. The van der Waals surface area contributed by atoms with E-state index in [1.807, 2.05) is 18.2 Å². The van der Waals surface area contributed by atoms with E-state index in [-0.39, 0.29) is 24.0 Å². The van der Waals surface area contributed by atoms with Crippen LogP contribution in [-0.4, -0.2) is 46.9 Å². The molecule has 1 aromatic carbocycles. The minimum Gasteiger partial charge on any atom is -0.369 e. The van der Waals surface area contributed by atoms with E-state index < -0.39 is 0 Å².